The average Bonchev–Trinajstić information content (AvgIpc) is 2.53. The van der Waals surface area contributed by atoms with Crippen molar-refractivity contribution in [2.75, 3.05) is 33.8 Å². The Bertz CT molecular complexity index is 547. The number of hydrogen-bond donors (Lipinski definition) is 1. The van der Waals surface area contributed by atoms with Crippen LogP contribution >= 0.6 is 0 Å². The summed E-state index contributed by atoms with van der Waals surface area (Å²) < 4.78 is 5.28. The Balaban J connectivity index is 1.93. The first-order valence-corrected chi connectivity index (χ1v) is 7.35. The zero-order chi connectivity index (χ0) is 16.1. The lowest BCUT2D eigenvalue weighted by molar-refractivity contribution is -0.147. The van der Waals surface area contributed by atoms with Gasteiger partial charge in [0.25, 0.3) is 0 Å². The van der Waals surface area contributed by atoms with E-state index in [9.17, 15) is 14.7 Å². The van der Waals surface area contributed by atoms with E-state index >= 15 is 0 Å². The van der Waals surface area contributed by atoms with Gasteiger partial charge in [-0.1, -0.05) is 18.2 Å². The maximum absolute atomic E-state index is 12.3. The first-order valence-electron chi connectivity index (χ1n) is 7.35. The van der Waals surface area contributed by atoms with Crippen molar-refractivity contribution >= 4 is 11.9 Å². The first-order chi connectivity index (χ1) is 10.5. The number of para-hydroxylation sites is 1. The summed E-state index contributed by atoms with van der Waals surface area (Å²) in [6.45, 7) is 1.40. The van der Waals surface area contributed by atoms with Crippen molar-refractivity contribution in [2.24, 2.45) is 0 Å². The number of nitrogens with zero attached hydrogens (tertiary/aromatic N) is 2. The fraction of sp³-hybridized carbons (Fsp3) is 0.500. The molecule has 1 aliphatic heterocycles. The van der Waals surface area contributed by atoms with Crippen molar-refractivity contribution in [3.63, 3.8) is 0 Å². The van der Waals surface area contributed by atoms with Gasteiger partial charge in [0.15, 0.2) is 0 Å². The molecular formula is C16H22N2O4. The number of benzene rings is 1. The van der Waals surface area contributed by atoms with E-state index in [2.05, 4.69) is 0 Å². The van der Waals surface area contributed by atoms with Crippen molar-refractivity contribution in [3.8, 4) is 5.75 Å². The first kappa shape index (κ1) is 16.3. The quantitative estimate of drug-likeness (QED) is 0.873. The van der Waals surface area contributed by atoms with Gasteiger partial charge in [0.1, 0.15) is 11.8 Å². The van der Waals surface area contributed by atoms with Crippen LogP contribution in [0.1, 0.15) is 12.0 Å². The number of rotatable bonds is 5. The minimum absolute atomic E-state index is 0.00902. The minimum Gasteiger partial charge on any atom is -0.496 e. The Morgan fingerprint density at radius 3 is 2.73 bits per heavy atom. The van der Waals surface area contributed by atoms with Gasteiger partial charge in [-0.2, -0.15) is 0 Å². The van der Waals surface area contributed by atoms with Gasteiger partial charge in [0.2, 0.25) is 5.91 Å². The third-order valence-corrected chi connectivity index (χ3v) is 4.09. The lowest BCUT2D eigenvalue weighted by Gasteiger charge is -2.37. The van der Waals surface area contributed by atoms with E-state index in [-0.39, 0.29) is 12.5 Å². The molecule has 0 aromatic heterocycles. The van der Waals surface area contributed by atoms with Crippen LogP contribution < -0.4 is 4.74 Å². The summed E-state index contributed by atoms with van der Waals surface area (Å²) in [5.74, 6) is -0.118. The number of likely N-dealkylation sites (N-methyl/N-ethyl adjacent to an activating group) is 1. The summed E-state index contributed by atoms with van der Waals surface area (Å²) in [5, 5.41) is 9.19. The zero-order valence-corrected chi connectivity index (χ0v) is 13.0. The molecule has 1 heterocycles. The van der Waals surface area contributed by atoms with Crippen molar-refractivity contribution in [1.29, 1.82) is 0 Å². The number of amides is 1. The molecule has 6 nitrogen and oxygen atoms in total. The van der Waals surface area contributed by atoms with Gasteiger partial charge < -0.3 is 14.7 Å². The van der Waals surface area contributed by atoms with Gasteiger partial charge in [-0.15, -0.1) is 0 Å². The summed E-state index contributed by atoms with van der Waals surface area (Å²) in [6, 6.07) is 7.00. The fourth-order valence-electron chi connectivity index (χ4n) is 2.68. The summed E-state index contributed by atoms with van der Waals surface area (Å²) in [5.41, 5.74) is 0.988. The van der Waals surface area contributed by atoms with Crippen LogP contribution in [0.25, 0.3) is 0 Å². The maximum atomic E-state index is 12.3. The van der Waals surface area contributed by atoms with Crippen LogP contribution in [0.2, 0.25) is 0 Å². The number of carboxylic acid groups (broad SMARTS) is 1. The third-order valence-electron chi connectivity index (χ3n) is 4.09. The standard InChI is InChI=1S/C16H22N2O4/c1-17-9-10-18(11-13(17)16(20)21)15(19)8-7-12-5-3-4-6-14(12)22-2/h3-6,13H,7-11H2,1-2H3,(H,20,21)/t13-/m0/s1. The maximum Gasteiger partial charge on any atom is 0.322 e. The minimum atomic E-state index is -0.885. The highest BCUT2D eigenvalue weighted by atomic mass is 16.5. The number of piperazine rings is 1. The second-order valence-electron chi connectivity index (χ2n) is 5.49. The van der Waals surface area contributed by atoms with Crippen molar-refractivity contribution in [2.45, 2.75) is 18.9 Å². The number of ether oxygens (including phenoxy) is 1. The van der Waals surface area contributed by atoms with E-state index in [1.165, 1.54) is 0 Å². The van der Waals surface area contributed by atoms with E-state index in [4.69, 9.17) is 4.74 Å². The number of carbonyl (C=O) groups is 2. The molecule has 2 rings (SSSR count). The summed E-state index contributed by atoms with van der Waals surface area (Å²) in [6.07, 6.45) is 0.948. The molecule has 1 amide bonds. The molecule has 0 unspecified atom stereocenters. The van der Waals surface area contributed by atoms with Crippen LogP contribution in [0, 0.1) is 0 Å². The molecule has 0 radical (unpaired) electrons. The largest absolute Gasteiger partial charge is 0.496 e. The summed E-state index contributed by atoms with van der Waals surface area (Å²) in [7, 11) is 3.38. The van der Waals surface area contributed by atoms with Gasteiger partial charge in [-0.25, -0.2) is 0 Å². The molecule has 1 fully saturated rings. The van der Waals surface area contributed by atoms with Crippen LogP contribution in [-0.4, -0.2) is 66.6 Å². The topological polar surface area (TPSA) is 70.1 Å². The molecule has 1 N–H and O–H groups in total. The molecule has 6 heteroatoms. The van der Waals surface area contributed by atoms with Gasteiger partial charge in [-0.3, -0.25) is 14.5 Å². The molecule has 120 valence electrons. The lowest BCUT2D eigenvalue weighted by Crippen LogP contribution is -2.56. The van der Waals surface area contributed by atoms with Crippen LogP contribution in [0.3, 0.4) is 0 Å². The smallest absolute Gasteiger partial charge is 0.322 e. The molecule has 1 atom stereocenters. The van der Waals surface area contributed by atoms with E-state index in [0.717, 1.165) is 11.3 Å². The predicted octanol–water partition coefficient (Wildman–Crippen LogP) is 0.855. The highest BCUT2D eigenvalue weighted by Crippen LogP contribution is 2.19. The van der Waals surface area contributed by atoms with Gasteiger partial charge in [0.05, 0.1) is 7.11 Å². The molecule has 0 aliphatic carbocycles. The van der Waals surface area contributed by atoms with E-state index < -0.39 is 12.0 Å². The Labute approximate surface area is 130 Å². The highest BCUT2D eigenvalue weighted by Gasteiger charge is 2.31. The Hall–Kier alpha value is -2.08. The van der Waals surface area contributed by atoms with Gasteiger partial charge in [0, 0.05) is 26.1 Å². The Morgan fingerprint density at radius 1 is 1.32 bits per heavy atom. The molecule has 0 bridgehead atoms. The molecular weight excluding hydrogens is 284 g/mol. The number of aliphatic carboxylic acids is 1. The molecule has 1 aromatic rings. The third kappa shape index (κ3) is 3.76. The molecule has 1 saturated heterocycles. The van der Waals surface area contributed by atoms with E-state index in [1.54, 1.807) is 24.0 Å². The molecule has 0 spiro atoms. The number of aryl methyl sites for hydroxylation is 1. The normalized spacial score (nSPS) is 19.0. The Morgan fingerprint density at radius 2 is 2.05 bits per heavy atom. The zero-order valence-electron chi connectivity index (χ0n) is 13.0. The second kappa shape index (κ2) is 7.26. The average molecular weight is 306 g/mol. The van der Waals surface area contributed by atoms with Crippen molar-refractivity contribution < 1.29 is 19.4 Å². The number of carbonyl (C=O) groups excluding carboxylic acids is 1. The molecule has 0 saturated carbocycles. The van der Waals surface area contributed by atoms with Crippen LogP contribution in [0.4, 0.5) is 0 Å². The van der Waals surface area contributed by atoms with Crippen LogP contribution in [0.15, 0.2) is 24.3 Å². The number of methoxy groups -OCH3 is 1. The second-order valence-corrected chi connectivity index (χ2v) is 5.49. The highest BCUT2D eigenvalue weighted by molar-refractivity contribution is 5.79. The SMILES string of the molecule is COc1ccccc1CCC(=O)N1CCN(C)[C@H](C(=O)O)C1. The van der Waals surface area contributed by atoms with Gasteiger partial charge >= 0.3 is 5.97 Å². The van der Waals surface area contributed by atoms with Crippen LogP contribution in [0.5, 0.6) is 5.75 Å². The summed E-state index contributed by atoms with van der Waals surface area (Å²) in [4.78, 5) is 26.9. The van der Waals surface area contributed by atoms with E-state index in [1.807, 2.05) is 24.3 Å². The number of hydrogen-bond acceptors (Lipinski definition) is 4. The monoisotopic (exact) mass is 306 g/mol. The molecule has 1 aromatic carbocycles. The number of carboxylic acids is 1. The van der Waals surface area contributed by atoms with Gasteiger partial charge in [-0.05, 0) is 25.1 Å². The Kier molecular flexibility index (Phi) is 5.38. The van der Waals surface area contributed by atoms with Crippen molar-refractivity contribution in [3.05, 3.63) is 29.8 Å². The fourth-order valence-corrected chi connectivity index (χ4v) is 2.68. The molecule has 1 aliphatic rings. The molecule has 22 heavy (non-hydrogen) atoms. The summed E-state index contributed by atoms with van der Waals surface area (Å²) >= 11 is 0. The van der Waals surface area contributed by atoms with Crippen molar-refractivity contribution in [1.82, 2.24) is 9.80 Å². The predicted molar refractivity (Wildman–Crippen MR) is 81.9 cm³/mol. The van der Waals surface area contributed by atoms with Crippen LogP contribution in [-0.2, 0) is 16.0 Å². The van der Waals surface area contributed by atoms with E-state index in [0.29, 0.717) is 25.9 Å². The lowest BCUT2D eigenvalue weighted by atomic mass is 10.1.